The fourth-order valence-electron chi connectivity index (χ4n) is 3.32. The quantitative estimate of drug-likeness (QED) is 0.733. The lowest BCUT2D eigenvalue weighted by molar-refractivity contribution is -0.117. The van der Waals surface area contributed by atoms with Crippen LogP contribution in [-0.4, -0.2) is 52.8 Å². The summed E-state index contributed by atoms with van der Waals surface area (Å²) < 4.78 is 0. The molecular weight excluding hydrogens is 372 g/mol. The van der Waals surface area contributed by atoms with Crippen LogP contribution in [-0.2, 0) is 4.79 Å². The van der Waals surface area contributed by atoms with Gasteiger partial charge < -0.3 is 20.5 Å². The number of H-pyrrole nitrogens is 1. The number of rotatable bonds is 4. The van der Waals surface area contributed by atoms with E-state index in [1.54, 1.807) is 18.1 Å². The summed E-state index contributed by atoms with van der Waals surface area (Å²) in [6, 6.07) is 0. The number of thioether (sulfide) groups is 1. The first-order chi connectivity index (χ1) is 12.2. The van der Waals surface area contributed by atoms with Gasteiger partial charge in [-0.2, -0.15) is 0 Å². The monoisotopic (exact) mass is 394 g/mol. The summed E-state index contributed by atoms with van der Waals surface area (Å²) in [6.45, 7) is 5.64. The Labute approximate surface area is 162 Å². The lowest BCUT2D eigenvalue weighted by Gasteiger charge is -2.26. The molecule has 140 valence electrons. The van der Waals surface area contributed by atoms with Crippen molar-refractivity contribution < 1.29 is 4.79 Å². The molecule has 9 heteroatoms. The van der Waals surface area contributed by atoms with Crippen LogP contribution >= 0.6 is 24.2 Å². The molecule has 0 unspecified atom stereocenters. The highest BCUT2D eigenvalue weighted by atomic mass is 35.5. The van der Waals surface area contributed by atoms with Crippen LogP contribution in [0.2, 0.25) is 0 Å². The van der Waals surface area contributed by atoms with Gasteiger partial charge in [-0.15, -0.1) is 24.2 Å². The zero-order valence-electron chi connectivity index (χ0n) is 14.6. The number of nitrogens with one attached hydrogen (secondary N) is 3. The topological polar surface area (TPSA) is 85.9 Å². The third-order valence-electron chi connectivity index (χ3n) is 4.72. The van der Waals surface area contributed by atoms with E-state index < -0.39 is 0 Å². The zero-order valence-corrected chi connectivity index (χ0v) is 16.3. The Morgan fingerprint density at radius 1 is 1.46 bits per heavy atom. The Balaban J connectivity index is 0.00000196. The first-order valence-corrected chi connectivity index (χ1v) is 9.60. The van der Waals surface area contributed by atoms with Gasteiger partial charge in [0.05, 0.1) is 10.3 Å². The molecule has 1 saturated heterocycles. The minimum Gasteiger partial charge on any atom is -0.351 e. The average molecular weight is 395 g/mol. The molecule has 4 heterocycles. The number of aromatic amines is 1. The molecule has 1 fully saturated rings. The second-order valence-corrected chi connectivity index (χ2v) is 7.63. The molecule has 3 N–H and O–H groups in total. The van der Waals surface area contributed by atoms with E-state index >= 15 is 0 Å². The summed E-state index contributed by atoms with van der Waals surface area (Å²) in [4.78, 5) is 27.2. The highest BCUT2D eigenvalue weighted by Crippen LogP contribution is 2.30. The van der Waals surface area contributed by atoms with E-state index in [1.165, 1.54) is 0 Å². The fraction of sp³-hybridized carbons (Fsp3) is 0.471. The normalized spacial score (nSPS) is 20.0. The van der Waals surface area contributed by atoms with Gasteiger partial charge in [-0.25, -0.2) is 9.97 Å². The van der Waals surface area contributed by atoms with Crippen LogP contribution in [0.4, 0.5) is 5.82 Å². The van der Waals surface area contributed by atoms with Crippen LogP contribution in [0.1, 0.15) is 12.0 Å². The van der Waals surface area contributed by atoms with Gasteiger partial charge in [0, 0.05) is 31.2 Å². The molecule has 26 heavy (non-hydrogen) atoms. The predicted octanol–water partition coefficient (Wildman–Crippen LogP) is 1.81. The van der Waals surface area contributed by atoms with Crippen LogP contribution in [0, 0.1) is 12.8 Å². The van der Waals surface area contributed by atoms with Crippen molar-refractivity contribution in [3.63, 3.8) is 0 Å². The molecule has 0 spiro atoms. The van der Waals surface area contributed by atoms with Crippen molar-refractivity contribution in [1.82, 2.24) is 25.6 Å². The molecule has 0 aliphatic carbocycles. The number of aromatic nitrogens is 3. The fourth-order valence-corrected chi connectivity index (χ4v) is 4.23. The van der Waals surface area contributed by atoms with Crippen LogP contribution in [0.25, 0.3) is 11.0 Å². The smallest absolute Gasteiger partial charge is 0.259 e. The summed E-state index contributed by atoms with van der Waals surface area (Å²) >= 11 is 1.60. The molecular formula is C17H23ClN6OS. The first-order valence-electron chi connectivity index (χ1n) is 8.61. The minimum atomic E-state index is 0. The van der Waals surface area contributed by atoms with Crippen LogP contribution in [0.5, 0.6) is 0 Å². The number of carbonyl (C=O) groups is 1. The molecule has 0 saturated carbocycles. The van der Waals surface area contributed by atoms with Gasteiger partial charge >= 0.3 is 0 Å². The molecule has 2 aliphatic heterocycles. The molecule has 2 aliphatic rings. The molecule has 0 radical (unpaired) electrons. The predicted molar refractivity (Wildman–Crippen MR) is 108 cm³/mol. The number of anilines is 1. The van der Waals surface area contributed by atoms with E-state index in [9.17, 15) is 4.79 Å². The van der Waals surface area contributed by atoms with E-state index in [-0.39, 0.29) is 18.3 Å². The zero-order chi connectivity index (χ0) is 17.2. The lowest BCUT2D eigenvalue weighted by Crippen LogP contribution is -2.34. The van der Waals surface area contributed by atoms with Gasteiger partial charge in [0.2, 0.25) is 0 Å². The van der Waals surface area contributed by atoms with Gasteiger partial charge in [-0.05, 0) is 37.9 Å². The number of hydrogen-bond donors (Lipinski definition) is 3. The van der Waals surface area contributed by atoms with Gasteiger partial charge in [0.25, 0.3) is 5.91 Å². The second kappa shape index (κ2) is 8.28. The number of aryl methyl sites for hydroxylation is 1. The van der Waals surface area contributed by atoms with Gasteiger partial charge in [-0.3, -0.25) is 4.79 Å². The Bertz CT molecular complexity index is 817. The average Bonchev–Trinajstić information content (AvgIpc) is 3.30. The maximum atomic E-state index is 12.5. The van der Waals surface area contributed by atoms with E-state index in [0.717, 1.165) is 65.7 Å². The van der Waals surface area contributed by atoms with Gasteiger partial charge in [-0.1, -0.05) is 0 Å². The summed E-state index contributed by atoms with van der Waals surface area (Å²) in [5.41, 5.74) is 1.94. The van der Waals surface area contributed by atoms with E-state index in [1.807, 2.05) is 19.3 Å². The minimum absolute atomic E-state index is 0. The number of hydrogen-bond acceptors (Lipinski definition) is 6. The van der Waals surface area contributed by atoms with Crippen LogP contribution in [0.3, 0.4) is 0 Å². The number of halogens is 1. The Morgan fingerprint density at radius 2 is 2.35 bits per heavy atom. The third-order valence-corrected chi connectivity index (χ3v) is 5.71. The van der Waals surface area contributed by atoms with Crippen LogP contribution < -0.4 is 15.5 Å². The summed E-state index contributed by atoms with van der Waals surface area (Å²) in [7, 11) is 0. The SMILES string of the molecule is Cc1c[nH]c2ncnc(N3C=C(C(=O)NC[C@@H]4CCNC4)SCC3)c12.Cl. The first kappa shape index (κ1) is 19.0. The number of carbonyl (C=O) groups excluding carboxylic acids is 1. The van der Waals surface area contributed by atoms with Crippen molar-refractivity contribution in [3.8, 4) is 0 Å². The van der Waals surface area contributed by atoms with Crippen molar-refractivity contribution in [3.05, 3.63) is 29.2 Å². The van der Waals surface area contributed by atoms with E-state index in [0.29, 0.717) is 5.92 Å². The number of fused-ring (bicyclic) bond motifs is 1. The molecule has 1 atom stereocenters. The van der Waals surface area contributed by atoms with Crippen LogP contribution in [0.15, 0.2) is 23.6 Å². The van der Waals surface area contributed by atoms with Gasteiger partial charge in [0.1, 0.15) is 17.8 Å². The molecule has 0 aromatic carbocycles. The van der Waals surface area contributed by atoms with Gasteiger partial charge in [0.15, 0.2) is 0 Å². The summed E-state index contributed by atoms with van der Waals surface area (Å²) in [5.74, 6) is 2.27. The van der Waals surface area contributed by atoms with E-state index in [2.05, 4.69) is 30.5 Å². The number of nitrogens with zero attached hydrogens (tertiary/aromatic N) is 3. The molecule has 4 rings (SSSR count). The largest absolute Gasteiger partial charge is 0.351 e. The highest BCUT2D eigenvalue weighted by molar-refractivity contribution is 8.04. The molecule has 2 aromatic rings. The Kier molecular flexibility index (Phi) is 6.05. The van der Waals surface area contributed by atoms with Crippen molar-refractivity contribution >= 4 is 46.9 Å². The molecule has 0 bridgehead atoms. The lowest BCUT2D eigenvalue weighted by atomic mass is 10.1. The van der Waals surface area contributed by atoms with E-state index in [4.69, 9.17) is 0 Å². The maximum absolute atomic E-state index is 12.5. The Hall–Kier alpha value is -1.77. The summed E-state index contributed by atoms with van der Waals surface area (Å²) in [5, 5.41) is 7.42. The van der Waals surface area contributed by atoms with Crippen molar-refractivity contribution in [2.45, 2.75) is 13.3 Å². The number of amides is 1. The summed E-state index contributed by atoms with van der Waals surface area (Å²) in [6.07, 6.45) is 6.55. The van der Waals surface area contributed by atoms with Crippen molar-refractivity contribution in [1.29, 1.82) is 0 Å². The highest BCUT2D eigenvalue weighted by Gasteiger charge is 2.22. The molecule has 7 nitrogen and oxygen atoms in total. The Morgan fingerprint density at radius 3 is 3.15 bits per heavy atom. The standard InChI is InChI=1S/C17H22N6OS.ClH/c1-11-6-19-15-14(11)16(22-10-21-15)23-4-5-25-13(9-23)17(24)20-8-12-2-3-18-7-12;/h6,9-10,12,18H,2-5,7-8H2,1H3,(H,20,24)(H,19,21,22);1H/t12-;/m1./s1. The van der Waals surface area contributed by atoms with Crippen molar-refractivity contribution in [2.24, 2.45) is 5.92 Å². The third kappa shape index (κ3) is 3.82. The molecule has 1 amide bonds. The maximum Gasteiger partial charge on any atom is 0.259 e. The van der Waals surface area contributed by atoms with Crippen molar-refractivity contribution in [2.75, 3.05) is 36.8 Å². The molecule has 2 aromatic heterocycles. The second-order valence-electron chi connectivity index (χ2n) is 6.50.